The van der Waals surface area contributed by atoms with E-state index in [2.05, 4.69) is 0 Å². The van der Waals surface area contributed by atoms with Crippen LogP contribution in [0.1, 0.15) is 44.1 Å². The quantitative estimate of drug-likeness (QED) is 0.879. The fraction of sp³-hybridized carbons (Fsp3) is 0.529. The molecule has 4 nitrogen and oxygen atoms in total. The number of carboxylic acid groups (broad SMARTS) is 1. The Morgan fingerprint density at radius 1 is 1.32 bits per heavy atom. The van der Waals surface area contributed by atoms with E-state index in [1.807, 2.05) is 6.07 Å². The minimum Gasteiger partial charge on any atom is -0.481 e. The van der Waals surface area contributed by atoms with E-state index in [4.69, 9.17) is 5.11 Å². The smallest absolute Gasteiger partial charge is 0.303 e. The Kier molecular flexibility index (Phi) is 5.16. The van der Waals surface area contributed by atoms with Gasteiger partial charge in [-0.15, -0.1) is 0 Å². The van der Waals surface area contributed by atoms with Crippen LogP contribution in [0.3, 0.4) is 0 Å². The molecule has 1 aromatic rings. The maximum absolute atomic E-state index is 13.6. The van der Waals surface area contributed by atoms with Crippen LogP contribution in [0.15, 0.2) is 24.3 Å². The van der Waals surface area contributed by atoms with Crippen molar-refractivity contribution in [1.82, 2.24) is 4.90 Å². The zero-order chi connectivity index (χ0) is 16.2. The molecule has 5 heteroatoms. The summed E-state index contributed by atoms with van der Waals surface area (Å²) >= 11 is 0. The summed E-state index contributed by atoms with van der Waals surface area (Å²) in [6.07, 6.45) is 3.81. The van der Waals surface area contributed by atoms with Gasteiger partial charge in [0.1, 0.15) is 5.82 Å². The number of carbonyl (C=O) groups excluding carboxylic acids is 1. The van der Waals surface area contributed by atoms with Gasteiger partial charge in [-0.3, -0.25) is 9.59 Å². The second kappa shape index (κ2) is 6.90. The molecule has 0 aromatic heterocycles. The van der Waals surface area contributed by atoms with Crippen LogP contribution in [0, 0.1) is 5.82 Å². The maximum atomic E-state index is 13.6. The van der Waals surface area contributed by atoms with Gasteiger partial charge in [0, 0.05) is 20.0 Å². The van der Waals surface area contributed by atoms with E-state index in [-0.39, 0.29) is 18.1 Å². The third-order valence-corrected chi connectivity index (χ3v) is 4.47. The van der Waals surface area contributed by atoms with Crippen molar-refractivity contribution >= 4 is 11.9 Å². The van der Waals surface area contributed by atoms with Crippen LogP contribution in [0.4, 0.5) is 4.39 Å². The molecule has 1 saturated carbocycles. The molecule has 1 fully saturated rings. The van der Waals surface area contributed by atoms with Gasteiger partial charge in [0.05, 0.1) is 5.41 Å². The summed E-state index contributed by atoms with van der Waals surface area (Å²) in [6.45, 7) is 0.405. The topological polar surface area (TPSA) is 57.6 Å². The number of nitrogens with zero attached hydrogens (tertiary/aromatic N) is 1. The van der Waals surface area contributed by atoms with E-state index < -0.39 is 11.4 Å². The average Bonchev–Trinajstić information content (AvgIpc) is 2.96. The minimum absolute atomic E-state index is 0.0269. The first-order chi connectivity index (χ1) is 10.5. The number of likely N-dealkylation sites (N-methyl/N-ethyl adjacent to an activating group) is 1. The maximum Gasteiger partial charge on any atom is 0.303 e. The van der Waals surface area contributed by atoms with Gasteiger partial charge < -0.3 is 10.0 Å². The van der Waals surface area contributed by atoms with E-state index in [0.717, 1.165) is 31.2 Å². The second-order valence-electron chi connectivity index (χ2n) is 6.02. The summed E-state index contributed by atoms with van der Waals surface area (Å²) in [5.74, 6) is -1.22. The molecule has 2 rings (SSSR count). The Labute approximate surface area is 129 Å². The summed E-state index contributed by atoms with van der Waals surface area (Å²) in [6, 6.07) is 6.29. The van der Waals surface area contributed by atoms with Crippen LogP contribution in [-0.4, -0.2) is 35.5 Å². The largest absolute Gasteiger partial charge is 0.481 e. The highest BCUT2D eigenvalue weighted by Crippen LogP contribution is 2.42. The number of aliphatic carboxylic acids is 1. The van der Waals surface area contributed by atoms with Crippen molar-refractivity contribution in [3.05, 3.63) is 35.6 Å². The number of halogens is 1. The monoisotopic (exact) mass is 307 g/mol. The van der Waals surface area contributed by atoms with E-state index >= 15 is 0 Å². The third kappa shape index (κ3) is 3.46. The second-order valence-corrected chi connectivity index (χ2v) is 6.02. The van der Waals surface area contributed by atoms with Crippen molar-refractivity contribution in [2.45, 2.75) is 43.9 Å². The van der Waals surface area contributed by atoms with Gasteiger partial charge in [-0.1, -0.05) is 25.0 Å². The summed E-state index contributed by atoms with van der Waals surface area (Å²) in [5.41, 5.74) is 0.0835. The van der Waals surface area contributed by atoms with Crippen molar-refractivity contribution in [2.24, 2.45) is 0 Å². The van der Waals surface area contributed by atoms with Gasteiger partial charge in [-0.05, 0) is 37.0 Å². The number of amides is 1. The fourth-order valence-corrected chi connectivity index (χ4v) is 3.33. The standard InChI is InChI=1S/C17H22FNO3/c1-19(11-5-8-15(20)21)16(22)17(9-2-3-10-17)13-6-4-7-14(18)12-13/h4,6-7,12H,2-3,5,8-11H2,1H3,(H,20,21). The van der Waals surface area contributed by atoms with Crippen LogP contribution in [0.5, 0.6) is 0 Å². The highest BCUT2D eigenvalue weighted by atomic mass is 19.1. The molecule has 0 bridgehead atoms. The van der Waals surface area contributed by atoms with Gasteiger partial charge in [-0.2, -0.15) is 0 Å². The fourth-order valence-electron chi connectivity index (χ4n) is 3.33. The number of hydrogen-bond acceptors (Lipinski definition) is 2. The lowest BCUT2D eigenvalue weighted by molar-refractivity contribution is -0.139. The Bertz CT molecular complexity index is 553. The highest BCUT2D eigenvalue weighted by Gasteiger charge is 2.44. The zero-order valence-electron chi connectivity index (χ0n) is 12.8. The Morgan fingerprint density at radius 3 is 2.59 bits per heavy atom. The Hall–Kier alpha value is -1.91. The van der Waals surface area contributed by atoms with E-state index in [9.17, 15) is 14.0 Å². The molecule has 1 aliphatic carbocycles. The Morgan fingerprint density at radius 2 is 2.00 bits per heavy atom. The van der Waals surface area contributed by atoms with Crippen molar-refractivity contribution in [3.63, 3.8) is 0 Å². The molecule has 1 amide bonds. The van der Waals surface area contributed by atoms with Gasteiger partial charge in [0.2, 0.25) is 5.91 Å². The SMILES string of the molecule is CN(CCCC(=O)O)C(=O)C1(c2cccc(F)c2)CCCC1. The number of carbonyl (C=O) groups is 2. The predicted molar refractivity (Wildman–Crippen MR) is 81.1 cm³/mol. The molecule has 1 aromatic carbocycles. The van der Waals surface area contributed by atoms with Crippen LogP contribution in [0.25, 0.3) is 0 Å². The number of carboxylic acids is 1. The molecular formula is C17H22FNO3. The van der Waals surface area contributed by atoms with Gasteiger partial charge in [0.25, 0.3) is 0 Å². The predicted octanol–water partition coefficient (Wildman–Crippen LogP) is 2.96. The molecule has 0 spiro atoms. The molecule has 0 heterocycles. The molecule has 22 heavy (non-hydrogen) atoms. The first-order valence-electron chi connectivity index (χ1n) is 7.69. The summed E-state index contributed by atoms with van der Waals surface area (Å²) in [4.78, 5) is 25.1. The van der Waals surface area contributed by atoms with Crippen molar-refractivity contribution < 1.29 is 19.1 Å². The molecule has 120 valence electrons. The molecular weight excluding hydrogens is 285 g/mol. The van der Waals surface area contributed by atoms with Crippen molar-refractivity contribution in [3.8, 4) is 0 Å². The summed E-state index contributed by atoms with van der Waals surface area (Å²) < 4.78 is 13.6. The van der Waals surface area contributed by atoms with Gasteiger partial charge in [0.15, 0.2) is 0 Å². The van der Waals surface area contributed by atoms with Crippen LogP contribution in [0.2, 0.25) is 0 Å². The Balaban J connectivity index is 2.16. The molecule has 0 saturated heterocycles. The van der Waals surface area contributed by atoms with E-state index in [1.165, 1.54) is 12.1 Å². The first-order valence-corrected chi connectivity index (χ1v) is 7.69. The highest BCUT2D eigenvalue weighted by molar-refractivity contribution is 5.88. The normalized spacial score (nSPS) is 16.5. The minimum atomic E-state index is -0.860. The van der Waals surface area contributed by atoms with E-state index in [0.29, 0.717) is 13.0 Å². The average molecular weight is 307 g/mol. The third-order valence-electron chi connectivity index (χ3n) is 4.47. The van der Waals surface area contributed by atoms with Crippen LogP contribution >= 0.6 is 0 Å². The number of rotatable bonds is 6. The molecule has 1 N–H and O–H groups in total. The first kappa shape index (κ1) is 16.5. The van der Waals surface area contributed by atoms with Crippen molar-refractivity contribution in [1.29, 1.82) is 0 Å². The molecule has 0 atom stereocenters. The van der Waals surface area contributed by atoms with Gasteiger partial charge >= 0.3 is 5.97 Å². The zero-order valence-corrected chi connectivity index (χ0v) is 12.8. The van der Waals surface area contributed by atoms with Crippen LogP contribution in [-0.2, 0) is 15.0 Å². The van der Waals surface area contributed by atoms with Crippen LogP contribution < -0.4 is 0 Å². The number of benzene rings is 1. The molecule has 0 unspecified atom stereocenters. The lowest BCUT2D eigenvalue weighted by atomic mass is 9.77. The summed E-state index contributed by atoms with van der Waals surface area (Å²) in [7, 11) is 1.70. The number of hydrogen-bond donors (Lipinski definition) is 1. The lowest BCUT2D eigenvalue weighted by Crippen LogP contribution is -2.44. The molecule has 1 aliphatic rings. The molecule has 0 radical (unpaired) electrons. The summed E-state index contributed by atoms with van der Waals surface area (Å²) in [5, 5.41) is 8.69. The molecule has 0 aliphatic heterocycles. The van der Waals surface area contributed by atoms with E-state index in [1.54, 1.807) is 18.0 Å². The van der Waals surface area contributed by atoms with Gasteiger partial charge in [-0.25, -0.2) is 4.39 Å². The van der Waals surface area contributed by atoms with Crippen molar-refractivity contribution in [2.75, 3.05) is 13.6 Å². The lowest BCUT2D eigenvalue weighted by Gasteiger charge is -2.33.